The number of aryl methyl sites for hydroxylation is 3. The monoisotopic (exact) mass is 910 g/mol. The average molecular weight is 910 g/mol. The van der Waals surface area contributed by atoms with E-state index in [1.165, 1.54) is 130 Å². The molecule has 3 nitrogen and oxygen atoms in total. The van der Waals surface area contributed by atoms with Crippen molar-refractivity contribution in [1.82, 2.24) is 15.0 Å². The minimum absolute atomic E-state index is 0. The predicted octanol–water partition coefficient (Wildman–Crippen LogP) is 14.6. The van der Waals surface area contributed by atoms with Gasteiger partial charge in [-0.3, -0.25) is 15.0 Å². The van der Waals surface area contributed by atoms with Gasteiger partial charge in [0.15, 0.2) is 0 Å². The number of hydrogen-bond acceptors (Lipinski definition) is 3. The van der Waals surface area contributed by atoms with Crippen LogP contribution in [0.25, 0.3) is 33.8 Å². The van der Waals surface area contributed by atoms with Crippen molar-refractivity contribution < 1.29 is 20.1 Å². The largest absolute Gasteiger partial charge is 0.256 e. The maximum absolute atomic E-state index is 4.37. The van der Waals surface area contributed by atoms with Crippen molar-refractivity contribution in [3.63, 3.8) is 0 Å². The Bertz CT molecular complexity index is 1560. The Kier molecular flexibility index (Phi) is 23.2. The third kappa shape index (κ3) is 17.8. The topological polar surface area (TPSA) is 38.7 Å². The van der Waals surface area contributed by atoms with Crippen molar-refractivity contribution in [3.8, 4) is 33.8 Å². The molecule has 3 heterocycles. The average Bonchev–Trinajstić information content (AvgIpc) is 3.25. The predicted molar refractivity (Wildman–Crippen MR) is 233 cm³/mol. The Labute approximate surface area is 346 Å². The molecule has 0 amide bonds. The van der Waals surface area contributed by atoms with Crippen molar-refractivity contribution in [1.29, 1.82) is 0 Å². The van der Waals surface area contributed by atoms with Gasteiger partial charge in [-0.05, 0) is 91.6 Å². The summed E-state index contributed by atoms with van der Waals surface area (Å²) in [6.07, 6.45) is 25.0. The van der Waals surface area contributed by atoms with E-state index < -0.39 is 0 Å². The van der Waals surface area contributed by atoms with E-state index in [4.69, 9.17) is 0 Å². The van der Waals surface area contributed by atoms with Gasteiger partial charge >= 0.3 is 0 Å². The van der Waals surface area contributed by atoms with Crippen molar-refractivity contribution in [2.45, 2.75) is 117 Å². The van der Waals surface area contributed by atoms with E-state index in [1.807, 2.05) is 55.0 Å². The van der Waals surface area contributed by atoms with Gasteiger partial charge in [0.2, 0.25) is 0 Å². The van der Waals surface area contributed by atoms with Gasteiger partial charge in [0, 0.05) is 55.4 Å². The third-order valence-corrected chi connectivity index (χ3v) is 9.70. The summed E-state index contributed by atoms with van der Waals surface area (Å²) in [7, 11) is 0. The quantitative estimate of drug-likeness (QED) is 0.0807. The van der Waals surface area contributed by atoms with Gasteiger partial charge in [0.05, 0.1) is 17.1 Å². The minimum atomic E-state index is 0. The molecule has 0 N–H and O–H groups in total. The van der Waals surface area contributed by atoms with Crippen molar-refractivity contribution in [3.05, 3.63) is 163 Å². The molecule has 291 valence electrons. The van der Waals surface area contributed by atoms with Crippen molar-refractivity contribution >= 4 is 0 Å². The molecule has 0 aliphatic carbocycles. The van der Waals surface area contributed by atoms with Gasteiger partial charge in [0.1, 0.15) is 0 Å². The fourth-order valence-corrected chi connectivity index (χ4v) is 6.39. The van der Waals surface area contributed by atoms with E-state index in [0.29, 0.717) is 0 Å². The molecule has 0 aliphatic heterocycles. The summed E-state index contributed by atoms with van der Waals surface area (Å²) in [6.45, 7) is 6.75. The Morgan fingerprint density at radius 2 is 0.582 bits per heavy atom. The first-order chi connectivity index (χ1) is 26.7. The molecule has 0 saturated carbocycles. The molecular weight excluding hydrogens is 847 g/mol. The zero-order valence-corrected chi connectivity index (χ0v) is 36.0. The molecule has 0 aliphatic rings. The molecule has 0 spiro atoms. The van der Waals surface area contributed by atoms with Crippen LogP contribution in [0.1, 0.15) is 115 Å². The Hall–Kier alpha value is -4.24. The molecule has 4 heteroatoms. The van der Waals surface area contributed by atoms with E-state index in [1.54, 1.807) is 0 Å². The summed E-state index contributed by atoms with van der Waals surface area (Å²) in [4.78, 5) is 13.1. The van der Waals surface area contributed by atoms with Crippen LogP contribution in [0.3, 0.4) is 0 Å². The smallest absolute Gasteiger partial charge is 0.0701 e. The van der Waals surface area contributed by atoms with Gasteiger partial charge in [-0.25, -0.2) is 0 Å². The number of aromatic nitrogens is 3. The Balaban J connectivity index is 0.000000220. The number of benzene rings is 3. The summed E-state index contributed by atoms with van der Waals surface area (Å²) < 4.78 is 0. The first kappa shape index (κ1) is 45.2. The van der Waals surface area contributed by atoms with E-state index in [9.17, 15) is 0 Å². The molecule has 0 fully saturated rings. The van der Waals surface area contributed by atoms with Crippen LogP contribution in [0.2, 0.25) is 0 Å². The van der Waals surface area contributed by atoms with Crippen LogP contribution in [-0.2, 0) is 39.4 Å². The van der Waals surface area contributed by atoms with E-state index in [2.05, 4.69) is 127 Å². The molecule has 55 heavy (non-hydrogen) atoms. The maximum Gasteiger partial charge on any atom is 0.0701 e. The summed E-state index contributed by atoms with van der Waals surface area (Å²) in [5.41, 5.74) is 11.1. The number of rotatable bonds is 18. The fourth-order valence-electron chi connectivity index (χ4n) is 6.39. The zero-order valence-electron chi connectivity index (χ0n) is 33.6. The number of unbranched alkanes of at least 4 members (excludes halogenated alkanes) is 9. The molecule has 6 rings (SSSR count). The van der Waals surface area contributed by atoms with Crippen LogP contribution in [-0.4, -0.2) is 15.0 Å². The van der Waals surface area contributed by atoms with Crippen LogP contribution in [0, 0.1) is 0 Å². The number of pyridine rings is 3. The van der Waals surface area contributed by atoms with Crippen LogP contribution in [0.5, 0.6) is 0 Å². The van der Waals surface area contributed by atoms with Gasteiger partial charge in [-0.15, -0.1) is 0 Å². The Morgan fingerprint density at radius 3 is 0.800 bits per heavy atom. The standard InChI is InChI=1S/3C17H21N.Ir/c3*1-2-3-4-5-8-15-10-12-16(13-11-15)17-9-6-7-14-18-17;/h3*6-7,9-14H,2-5,8H2,1H3;. The van der Waals surface area contributed by atoms with Crippen LogP contribution >= 0.6 is 0 Å². The van der Waals surface area contributed by atoms with Gasteiger partial charge in [0.25, 0.3) is 0 Å². The molecule has 6 aromatic rings. The van der Waals surface area contributed by atoms with Crippen LogP contribution in [0.15, 0.2) is 146 Å². The first-order valence-corrected chi connectivity index (χ1v) is 20.7. The number of nitrogens with zero attached hydrogens (tertiary/aromatic N) is 3. The molecular formula is C51H63IrN3. The second-order valence-electron chi connectivity index (χ2n) is 14.2. The zero-order chi connectivity index (χ0) is 37.9. The molecule has 0 saturated heterocycles. The van der Waals surface area contributed by atoms with Crippen molar-refractivity contribution in [2.75, 3.05) is 0 Å². The van der Waals surface area contributed by atoms with Gasteiger partial charge in [-0.2, -0.15) is 0 Å². The van der Waals surface area contributed by atoms with E-state index >= 15 is 0 Å². The van der Waals surface area contributed by atoms with E-state index in [0.717, 1.165) is 17.1 Å². The molecule has 0 bridgehead atoms. The summed E-state index contributed by atoms with van der Waals surface area (Å²) in [6, 6.07) is 44.6. The maximum atomic E-state index is 4.37. The molecule has 1 radical (unpaired) electrons. The molecule has 0 atom stereocenters. The summed E-state index contributed by atoms with van der Waals surface area (Å²) in [5, 5.41) is 0. The van der Waals surface area contributed by atoms with Gasteiger partial charge < -0.3 is 0 Å². The van der Waals surface area contributed by atoms with Crippen molar-refractivity contribution in [2.24, 2.45) is 0 Å². The molecule has 3 aromatic carbocycles. The number of hydrogen-bond donors (Lipinski definition) is 0. The SMILES string of the molecule is CCCCCCc1ccc(-c2ccccn2)cc1.CCCCCCc1ccc(-c2ccccn2)cc1.CCCCCCc1ccc(-c2ccccn2)cc1.[Ir]. The second-order valence-corrected chi connectivity index (χ2v) is 14.2. The van der Waals surface area contributed by atoms with Crippen LogP contribution in [0.4, 0.5) is 0 Å². The normalized spacial score (nSPS) is 10.3. The van der Waals surface area contributed by atoms with E-state index in [-0.39, 0.29) is 20.1 Å². The molecule has 0 unspecified atom stereocenters. The van der Waals surface area contributed by atoms with Gasteiger partial charge in [-0.1, -0.05) is 170 Å². The minimum Gasteiger partial charge on any atom is -0.256 e. The fraction of sp³-hybridized carbons (Fsp3) is 0.353. The van der Waals surface area contributed by atoms with Crippen LogP contribution < -0.4 is 0 Å². The first-order valence-electron chi connectivity index (χ1n) is 20.7. The molecule has 3 aromatic heterocycles. The summed E-state index contributed by atoms with van der Waals surface area (Å²) >= 11 is 0. The Morgan fingerprint density at radius 1 is 0.309 bits per heavy atom. The summed E-state index contributed by atoms with van der Waals surface area (Å²) in [5.74, 6) is 0. The second kappa shape index (κ2) is 28.2. The third-order valence-electron chi connectivity index (χ3n) is 9.70.